The molecule has 0 radical (unpaired) electrons. The van der Waals surface area contributed by atoms with E-state index in [-0.39, 0.29) is 26.2 Å². The average molecular weight is 377 g/mol. The van der Waals surface area contributed by atoms with Gasteiger partial charge in [0.15, 0.2) is 11.5 Å². The molecule has 5 nitrogen and oxygen atoms in total. The van der Waals surface area contributed by atoms with Gasteiger partial charge >= 0.3 is 18.3 Å². The minimum absolute atomic E-state index is 0.0387. The van der Waals surface area contributed by atoms with Gasteiger partial charge in [0.1, 0.15) is 12.0 Å². The molecule has 3 rings (SSSR count). The van der Waals surface area contributed by atoms with Gasteiger partial charge in [-0.2, -0.15) is 0 Å². The van der Waals surface area contributed by atoms with Crippen LogP contribution in [-0.4, -0.2) is 61.7 Å². The summed E-state index contributed by atoms with van der Waals surface area (Å²) in [7, 11) is 1.46. The van der Waals surface area contributed by atoms with E-state index in [0.717, 1.165) is 0 Å². The van der Waals surface area contributed by atoms with Crippen LogP contribution in [0.5, 0.6) is 11.5 Å². The van der Waals surface area contributed by atoms with Crippen molar-refractivity contribution >= 4 is 5.97 Å². The lowest BCUT2D eigenvalue weighted by atomic mass is 9.73. The molecule has 1 aromatic carbocycles. The number of carbonyl (C=O) groups is 1. The number of alkyl halides is 4. The van der Waals surface area contributed by atoms with E-state index < -0.39 is 36.1 Å². The van der Waals surface area contributed by atoms with Gasteiger partial charge in [0.05, 0.1) is 7.11 Å². The van der Waals surface area contributed by atoms with Gasteiger partial charge < -0.3 is 19.5 Å². The molecule has 0 aliphatic carbocycles. The molecule has 1 saturated heterocycles. The molecule has 1 N–H and O–H groups in total. The minimum Gasteiger partial charge on any atom is -0.493 e. The summed E-state index contributed by atoms with van der Waals surface area (Å²) in [4.78, 5) is 13.5. The van der Waals surface area contributed by atoms with Crippen LogP contribution in [-0.2, 0) is 4.79 Å². The normalized spacial score (nSPS) is 25.5. The zero-order valence-corrected chi connectivity index (χ0v) is 14.1. The zero-order valence-electron chi connectivity index (χ0n) is 14.1. The van der Waals surface area contributed by atoms with Crippen molar-refractivity contribution < 1.29 is 36.9 Å². The fourth-order valence-corrected chi connectivity index (χ4v) is 3.74. The molecular weight excluding hydrogens is 358 g/mol. The number of hydrogen-bond donors (Lipinski definition) is 1. The summed E-state index contributed by atoms with van der Waals surface area (Å²) >= 11 is 0. The molecule has 144 valence electrons. The van der Waals surface area contributed by atoms with E-state index in [1.807, 2.05) is 0 Å². The number of carboxylic acid groups (broad SMARTS) is 1. The number of carboxylic acids is 1. The van der Waals surface area contributed by atoms with E-state index in [1.165, 1.54) is 12.0 Å². The largest absolute Gasteiger partial charge is 0.493 e. The molecule has 1 aromatic rings. The van der Waals surface area contributed by atoms with Gasteiger partial charge in [0, 0.05) is 37.5 Å². The third kappa shape index (κ3) is 2.98. The van der Waals surface area contributed by atoms with E-state index in [1.54, 1.807) is 18.2 Å². The van der Waals surface area contributed by atoms with Crippen LogP contribution in [0.2, 0.25) is 0 Å². The van der Waals surface area contributed by atoms with Gasteiger partial charge in [-0.05, 0) is 6.07 Å². The standard InChI is InChI=1S/C17H19F4NO4/c1-25-12-4-2-3-10-11-7-22(6-5-17(20,21)14(18)19)8-16(11,15(23)24)9-26-13(10)12/h2-4,11,14H,5-9H2,1H3,(H,23,24)/t11-,16-/m0/s1. The molecule has 0 aromatic heterocycles. The predicted octanol–water partition coefficient (Wildman–Crippen LogP) is 2.85. The Bertz CT molecular complexity index is 699. The van der Waals surface area contributed by atoms with Crippen LogP contribution in [0.4, 0.5) is 17.6 Å². The van der Waals surface area contributed by atoms with Crippen LogP contribution in [0.15, 0.2) is 18.2 Å². The summed E-state index contributed by atoms with van der Waals surface area (Å²) in [6, 6.07) is 5.10. The summed E-state index contributed by atoms with van der Waals surface area (Å²) in [5.41, 5.74) is -0.680. The fourth-order valence-electron chi connectivity index (χ4n) is 3.74. The highest BCUT2D eigenvalue weighted by Crippen LogP contribution is 2.52. The molecular formula is C17H19F4NO4. The lowest BCUT2D eigenvalue weighted by Crippen LogP contribution is -2.46. The highest BCUT2D eigenvalue weighted by molar-refractivity contribution is 5.78. The van der Waals surface area contributed by atoms with Gasteiger partial charge in [-0.3, -0.25) is 4.79 Å². The second-order valence-electron chi connectivity index (χ2n) is 6.73. The monoisotopic (exact) mass is 377 g/mol. The van der Waals surface area contributed by atoms with E-state index in [0.29, 0.717) is 17.1 Å². The van der Waals surface area contributed by atoms with Gasteiger partial charge in [0.2, 0.25) is 0 Å². The van der Waals surface area contributed by atoms with E-state index in [4.69, 9.17) is 9.47 Å². The fraction of sp³-hybridized carbons (Fsp3) is 0.588. The van der Waals surface area contributed by atoms with Gasteiger partial charge in [-0.25, -0.2) is 17.6 Å². The maximum atomic E-state index is 13.2. The first-order valence-electron chi connectivity index (χ1n) is 8.12. The van der Waals surface area contributed by atoms with E-state index >= 15 is 0 Å². The summed E-state index contributed by atoms with van der Waals surface area (Å²) in [6.45, 7) is -0.317. The Balaban J connectivity index is 1.86. The summed E-state index contributed by atoms with van der Waals surface area (Å²) in [6.07, 6.45) is -4.77. The van der Waals surface area contributed by atoms with Crippen LogP contribution < -0.4 is 9.47 Å². The van der Waals surface area contributed by atoms with Crippen molar-refractivity contribution in [2.45, 2.75) is 24.7 Å². The number of aliphatic carboxylic acids is 1. The van der Waals surface area contributed by atoms with E-state index in [2.05, 4.69) is 0 Å². The first kappa shape index (κ1) is 18.8. The van der Waals surface area contributed by atoms with Crippen LogP contribution in [0.3, 0.4) is 0 Å². The smallest absolute Gasteiger partial charge is 0.315 e. The highest BCUT2D eigenvalue weighted by atomic mass is 19.3. The molecule has 2 atom stereocenters. The van der Waals surface area contributed by atoms with Gasteiger partial charge in [-0.15, -0.1) is 0 Å². The van der Waals surface area contributed by atoms with Crippen molar-refractivity contribution in [3.05, 3.63) is 23.8 Å². The zero-order chi connectivity index (χ0) is 19.1. The van der Waals surface area contributed by atoms with Crippen molar-refractivity contribution in [1.82, 2.24) is 4.90 Å². The molecule has 9 heteroatoms. The first-order chi connectivity index (χ1) is 12.2. The maximum Gasteiger partial charge on any atom is 0.315 e. The SMILES string of the molecule is COc1cccc2c1OC[C@@]1(C(=O)O)CN(CCC(F)(F)C(F)F)C[C@@H]21. The molecule has 0 bridgehead atoms. The molecule has 0 spiro atoms. The third-order valence-electron chi connectivity index (χ3n) is 5.20. The van der Waals surface area contributed by atoms with Crippen molar-refractivity contribution in [3.63, 3.8) is 0 Å². The Morgan fingerprint density at radius 2 is 2.23 bits per heavy atom. The summed E-state index contributed by atoms with van der Waals surface area (Å²) < 4.78 is 62.1. The number of para-hydroxylation sites is 1. The number of halogens is 4. The number of fused-ring (bicyclic) bond motifs is 3. The molecule has 26 heavy (non-hydrogen) atoms. The van der Waals surface area contributed by atoms with Crippen molar-refractivity contribution in [3.8, 4) is 11.5 Å². The number of benzene rings is 1. The molecule has 2 aliphatic heterocycles. The van der Waals surface area contributed by atoms with Crippen molar-refractivity contribution in [2.75, 3.05) is 33.4 Å². The predicted molar refractivity (Wildman–Crippen MR) is 83.3 cm³/mol. The number of rotatable bonds is 6. The number of methoxy groups -OCH3 is 1. The number of nitrogens with zero attached hydrogens (tertiary/aromatic N) is 1. The molecule has 2 heterocycles. The molecule has 1 fully saturated rings. The summed E-state index contributed by atoms with van der Waals surface area (Å²) in [5, 5.41) is 9.78. The van der Waals surface area contributed by atoms with Crippen molar-refractivity contribution in [1.29, 1.82) is 0 Å². The first-order valence-corrected chi connectivity index (χ1v) is 8.12. The van der Waals surface area contributed by atoms with Crippen LogP contribution in [0.1, 0.15) is 17.9 Å². The Hall–Kier alpha value is -2.03. The molecule has 2 aliphatic rings. The Morgan fingerprint density at radius 3 is 2.85 bits per heavy atom. The second-order valence-corrected chi connectivity index (χ2v) is 6.73. The third-order valence-corrected chi connectivity index (χ3v) is 5.20. The lowest BCUT2D eigenvalue weighted by molar-refractivity contribution is -0.152. The molecule has 0 saturated carbocycles. The van der Waals surface area contributed by atoms with E-state index in [9.17, 15) is 27.5 Å². The summed E-state index contributed by atoms with van der Waals surface area (Å²) in [5.74, 6) is -4.79. The van der Waals surface area contributed by atoms with Crippen LogP contribution in [0.25, 0.3) is 0 Å². The van der Waals surface area contributed by atoms with Crippen molar-refractivity contribution in [2.24, 2.45) is 5.41 Å². The van der Waals surface area contributed by atoms with Gasteiger partial charge in [0.25, 0.3) is 0 Å². The Labute approximate surface area is 147 Å². The number of hydrogen-bond acceptors (Lipinski definition) is 4. The highest BCUT2D eigenvalue weighted by Gasteiger charge is 2.57. The molecule has 0 amide bonds. The maximum absolute atomic E-state index is 13.2. The minimum atomic E-state index is -4.10. The molecule has 0 unspecified atom stereocenters. The van der Waals surface area contributed by atoms with Crippen LogP contribution >= 0.6 is 0 Å². The number of likely N-dealkylation sites (tertiary alicyclic amines) is 1. The second kappa shape index (κ2) is 6.61. The topological polar surface area (TPSA) is 59.0 Å². The quantitative estimate of drug-likeness (QED) is 0.773. The van der Waals surface area contributed by atoms with Gasteiger partial charge in [-0.1, -0.05) is 12.1 Å². The Kier molecular flexibility index (Phi) is 4.76. The number of ether oxygens (including phenoxy) is 2. The lowest BCUT2D eigenvalue weighted by Gasteiger charge is -2.36. The van der Waals surface area contributed by atoms with Crippen LogP contribution in [0, 0.1) is 5.41 Å². The average Bonchev–Trinajstić information content (AvgIpc) is 3.00. The Morgan fingerprint density at radius 1 is 1.50 bits per heavy atom.